The van der Waals surface area contributed by atoms with Crippen molar-refractivity contribution in [3.8, 4) is 11.5 Å². The van der Waals surface area contributed by atoms with E-state index in [1.807, 2.05) is 31.2 Å². The molecule has 0 aromatic heterocycles. The molecule has 0 bridgehead atoms. The first-order chi connectivity index (χ1) is 9.65. The Balaban J connectivity index is 2.30. The molecule has 0 radical (unpaired) electrons. The maximum absolute atomic E-state index is 13.4. The van der Waals surface area contributed by atoms with Crippen molar-refractivity contribution in [3.63, 3.8) is 0 Å². The van der Waals surface area contributed by atoms with Gasteiger partial charge >= 0.3 is 0 Å². The fraction of sp³-hybridized carbons (Fsp3) is 0.250. The molecule has 4 heteroatoms. The van der Waals surface area contributed by atoms with Gasteiger partial charge in [0.15, 0.2) is 0 Å². The van der Waals surface area contributed by atoms with Crippen LogP contribution in [0.15, 0.2) is 42.5 Å². The molecule has 2 N–H and O–H groups in total. The van der Waals surface area contributed by atoms with Crippen LogP contribution < -0.4 is 15.2 Å². The Hall–Kier alpha value is -2.07. The van der Waals surface area contributed by atoms with Crippen molar-refractivity contribution in [2.24, 2.45) is 5.73 Å². The zero-order valence-electron chi connectivity index (χ0n) is 11.6. The van der Waals surface area contributed by atoms with E-state index < -0.39 is 6.04 Å². The minimum Gasteiger partial charge on any atom is -0.496 e. The third kappa shape index (κ3) is 3.08. The van der Waals surface area contributed by atoms with Crippen LogP contribution in [0.4, 0.5) is 4.39 Å². The van der Waals surface area contributed by atoms with Gasteiger partial charge < -0.3 is 15.2 Å². The molecule has 0 saturated carbocycles. The van der Waals surface area contributed by atoms with Crippen molar-refractivity contribution in [3.05, 3.63) is 59.4 Å². The zero-order valence-corrected chi connectivity index (χ0v) is 11.6. The summed E-state index contributed by atoms with van der Waals surface area (Å²) in [4.78, 5) is 0. The van der Waals surface area contributed by atoms with Gasteiger partial charge in [-0.3, -0.25) is 0 Å². The van der Waals surface area contributed by atoms with Gasteiger partial charge in [0.05, 0.1) is 19.8 Å². The average molecular weight is 275 g/mol. The number of halogens is 1. The Bertz CT molecular complexity index is 569. The molecule has 2 rings (SSSR count). The maximum Gasteiger partial charge on any atom is 0.124 e. The highest BCUT2D eigenvalue weighted by Gasteiger charge is 2.15. The van der Waals surface area contributed by atoms with E-state index in [9.17, 15) is 4.39 Å². The number of nitrogens with two attached hydrogens (primary N) is 1. The minimum atomic E-state index is -0.448. The molecule has 0 spiro atoms. The minimum absolute atomic E-state index is 0.331. The summed E-state index contributed by atoms with van der Waals surface area (Å²) in [6.45, 7) is 2.54. The molecule has 1 unspecified atom stereocenters. The lowest BCUT2D eigenvalue weighted by atomic mass is 9.98. The van der Waals surface area contributed by atoms with Crippen molar-refractivity contribution < 1.29 is 13.9 Å². The molecule has 0 fully saturated rings. The molecule has 0 amide bonds. The first-order valence-corrected chi connectivity index (χ1v) is 6.47. The Labute approximate surface area is 118 Å². The molecular formula is C16H18FNO2. The van der Waals surface area contributed by atoms with E-state index in [2.05, 4.69) is 0 Å². The largest absolute Gasteiger partial charge is 0.496 e. The van der Waals surface area contributed by atoms with Crippen molar-refractivity contribution >= 4 is 0 Å². The zero-order chi connectivity index (χ0) is 14.5. The summed E-state index contributed by atoms with van der Waals surface area (Å²) >= 11 is 0. The van der Waals surface area contributed by atoms with E-state index in [-0.39, 0.29) is 5.82 Å². The first-order valence-electron chi connectivity index (χ1n) is 6.47. The molecule has 3 nitrogen and oxygen atoms in total. The van der Waals surface area contributed by atoms with Crippen LogP contribution in [0.1, 0.15) is 24.1 Å². The van der Waals surface area contributed by atoms with E-state index in [4.69, 9.17) is 15.2 Å². The maximum atomic E-state index is 13.4. The molecular weight excluding hydrogens is 257 g/mol. The van der Waals surface area contributed by atoms with E-state index in [0.29, 0.717) is 17.9 Å². The van der Waals surface area contributed by atoms with Gasteiger partial charge in [-0.05, 0) is 42.8 Å². The summed E-state index contributed by atoms with van der Waals surface area (Å²) < 4.78 is 24.0. The normalized spacial score (nSPS) is 12.0. The van der Waals surface area contributed by atoms with Gasteiger partial charge in [0.25, 0.3) is 0 Å². The van der Waals surface area contributed by atoms with Gasteiger partial charge in [-0.1, -0.05) is 12.1 Å². The fourth-order valence-corrected chi connectivity index (χ4v) is 2.07. The molecule has 2 aromatic rings. The SMILES string of the molecule is CCOc1ccc(C(N)c2cc(F)ccc2OC)cc1. The lowest BCUT2D eigenvalue weighted by Gasteiger charge is -2.16. The highest BCUT2D eigenvalue weighted by atomic mass is 19.1. The molecule has 2 aromatic carbocycles. The summed E-state index contributed by atoms with van der Waals surface area (Å²) in [7, 11) is 1.54. The number of hydrogen-bond donors (Lipinski definition) is 1. The van der Waals surface area contributed by atoms with Gasteiger partial charge in [-0.25, -0.2) is 4.39 Å². The smallest absolute Gasteiger partial charge is 0.124 e. The van der Waals surface area contributed by atoms with Crippen molar-refractivity contribution in [2.75, 3.05) is 13.7 Å². The quantitative estimate of drug-likeness (QED) is 0.910. The van der Waals surface area contributed by atoms with Crippen LogP contribution in [0.5, 0.6) is 11.5 Å². The lowest BCUT2D eigenvalue weighted by Crippen LogP contribution is -2.13. The van der Waals surface area contributed by atoms with Gasteiger partial charge in [0.2, 0.25) is 0 Å². The molecule has 0 aliphatic carbocycles. The van der Waals surface area contributed by atoms with E-state index in [1.165, 1.54) is 12.1 Å². The fourth-order valence-electron chi connectivity index (χ4n) is 2.07. The third-order valence-electron chi connectivity index (χ3n) is 3.08. The van der Waals surface area contributed by atoms with Crippen LogP contribution in [-0.2, 0) is 0 Å². The molecule has 20 heavy (non-hydrogen) atoms. The van der Waals surface area contributed by atoms with Crippen molar-refractivity contribution in [2.45, 2.75) is 13.0 Å². The summed E-state index contributed by atoms with van der Waals surface area (Å²) in [5.41, 5.74) is 7.69. The third-order valence-corrected chi connectivity index (χ3v) is 3.08. The average Bonchev–Trinajstić information content (AvgIpc) is 2.47. The van der Waals surface area contributed by atoms with E-state index >= 15 is 0 Å². The van der Waals surface area contributed by atoms with E-state index in [0.717, 1.165) is 11.3 Å². The Morgan fingerprint density at radius 3 is 2.45 bits per heavy atom. The van der Waals surface area contributed by atoms with E-state index in [1.54, 1.807) is 13.2 Å². The van der Waals surface area contributed by atoms with Crippen LogP contribution in [0.25, 0.3) is 0 Å². The van der Waals surface area contributed by atoms with Gasteiger partial charge in [-0.15, -0.1) is 0 Å². The summed E-state index contributed by atoms with van der Waals surface area (Å²) in [6, 6.07) is 11.3. The van der Waals surface area contributed by atoms with Gasteiger partial charge in [0.1, 0.15) is 17.3 Å². The highest BCUT2D eigenvalue weighted by molar-refractivity contribution is 5.42. The molecule has 0 heterocycles. The van der Waals surface area contributed by atoms with Crippen LogP contribution in [0, 0.1) is 5.82 Å². The predicted octanol–water partition coefficient (Wildman–Crippen LogP) is 3.28. The van der Waals surface area contributed by atoms with Crippen LogP contribution in [-0.4, -0.2) is 13.7 Å². The van der Waals surface area contributed by atoms with Crippen LogP contribution >= 0.6 is 0 Å². The Morgan fingerprint density at radius 2 is 1.85 bits per heavy atom. The van der Waals surface area contributed by atoms with Crippen molar-refractivity contribution in [1.29, 1.82) is 0 Å². The number of benzene rings is 2. The standard InChI is InChI=1S/C16H18FNO2/c1-3-20-13-7-4-11(5-8-13)16(18)14-10-12(17)6-9-15(14)19-2/h4-10,16H,3,18H2,1-2H3. The second kappa shape index (κ2) is 6.39. The molecule has 106 valence electrons. The summed E-state index contributed by atoms with van der Waals surface area (Å²) in [5.74, 6) is 1.03. The monoisotopic (exact) mass is 275 g/mol. The molecule has 1 atom stereocenters. The topological polar surface area (TPSA) is 44.5 Å². The second-order valence-electron chi connectivity index (χ2n) is 4.37. The number of rotatable bonds is 5. The number of ether oxygens (including phenoxy) is 2. The second-order valence-corrected chi connectivity index (χ2v) is 4.37. The Morgan fingerprint density at radius 1 is 1.15 bits per heavy atom. The first kappa shape index (κ1) is 14.3. The predicted molar refractivity (Wildman–Crippen MR) is 76.6 cm³/mol. The number of methoxy groups -OCH3 is 1. The lowest BCUT2D eigenvalue weighted by molar-refractivity contribution is 0.340. The molecule has 0 aliphatic heterocycles. The summed E-state index contributed by atoms with van der Waals surface area (Å²) in [6.07, 6.45) is 0. The van der Waals surface area contributed by atoms with Gasteiger partial charge in [0, 0.05) is 5.56 Å². The van der Waals surface area contributed by atoms with Crippen LogP contribution in [0.3, 0.4) is 0 Å². The highest BCUT2D eigenvalue weighted by Crippen LogP contribution is 2.29. The Kier molecular flexibility index (Phi) is 4.58. The summed E-state index contributed by atoms with van der Waals surface area (Å²) in [5, 5.41) is 0. The molecule has 0 saturated heterocycles. The number of hydrogen-bond acceptors (Lipinski definition) is 3. The van der Waals surface area contributed by atoms with Gasteiger partial charge in [-0.2, -0.15) is 0 Å². The molecule has 0 aliphatic rings. The van der Waals surface area contributed by atoms with Crippen molar-refractivity contribution in [1.82, 2.24) is 0 Å². The van der Waals surface area contributed by atoms with Crippen LogP contribution in [0.2, 0.25) is 0 Å².